The van der Waals surface area contributed by atoms with E-state index in [1.807, 2.05) is 0 Å². The molecule has 11 heteroatoms. The van der Waals surface area contributed by atoms with E-state index in [0.717, 1.165) is 6.26 Å². The van der Waals surface area contributed by atoms with Crippen molar-refractivity contribution in [2.75, 3.05) is 24.8 Å². The highest BCUT2D eigenvalue weighted by Gasteiger charge is 2.14. The summed E-state index contributed by atoms with van der Waals surface area (Å²) >= 11 is 0. The maximum atomic E-state index is 11.8. The van der Waals surface area contributed by atoms with E-state index in [0.29, 0.717) is 0 Å². The SMILES string of the molecule is CS(=O)(=O)NCCNS(=O)(=O)c1ccnc(NN)c1. The van der Waals surface area contributed by atoms with Crippen LogP contribution in [0.4, 0.5) is 5.82 Å². The van der Waals surface area contributed by atoms with E-state index in [4.69, 9.17) is 5.84 Å². The van der Waals surface area contributed by atoms with Crippen LogP contribution in [-0.4, -0.2) is 41.2 Å². The summed E-state index contributed by atoms with van der Waals surface area (Å²) in [7, 11) is -7.07. The van der Waals surface area contributed by atoms with Crippen LogP contribution in [0.15, 0.2) is 23.2 Å². The van der Waals surface area contributed by atoms with Crippen LogP contribution in [0.5, 0.6) is 0 Å². The number of hydrogen-bond acceptors (Lipinski definition) is 7. The van der Waals surface area contributed by atoms with E-state index in [2.05, 4.69) is 19.9 Å². The molecule has 9 nitrogen and oxygen atoms in total. The predicted octanol–water partition coefficient (Wildman–Crippen LogP) is -1.81. The van der Waals surface area contributed by atoms with Crippen molar-refractivity contribution >= 4 is 25.9 Å². The number of nitrogens with zero attached hydrogens (tertiary/aromatic N) is 1. The molecule has 0 saturated carbocycles. The summed E-state index contributed by atoms with van der Waals surface area (Å²) in [4.78, 5) is 3.76. The number of nitrogens with two attached hydrogens (primary N) is 1. The molecule has 0 amide bonds. The first-order chi connectivity index (χ1) is 8.74. The van der Waals surface area contributed by atoms with Crippen molar-refractivity contribution in [1.29, 1.82) is 0 Å². The Morgan fingerprint density at radius 1 is 1.21 bits per heavy atom. The normalized spacial score (nSPS) is 12.3. The van der Waals surface area contributed by atoms with Gasteiger partial charge in [0.1, 0.15) is 5.82 Å². The average molecular weight is 309 g/mol. The van der Waals surface area contributed by atoms with Gasteiger partial charge in [0, 0.05) is 25.4 Å². The van der Waals surface area contributed by atoms with Gasteiger partial charge in [0.15, 0.2) is 0 Å². The molecule has 108 valence electrons. The molecule has 1 aromatic heterocycles. The summed E-state index contributed by atoms with van der Waals surface area (Å²) in [6.07, 6.45) is 2.28. The molecule has 0 aromatic carbocycles. The van der Waals surface area contributed by atoms with E-state index in [1.165, 1.54) is 18.3 Å². The molecule has 0 bridgehead atoms. The highest BCUT2D eigenvalue weighted by atomic mass is 32.2. The molecule has 0 spiro atoms. The van der Waals surface area contributed by atoms with E-state index in [9.17, 15) is 16.8 Å². The van der Waals surface area contributed by atoms with Crippen LogP contribution in [0, 0.1) is 0 Å². The monoisotopic (exact) mass is 309 g/mol. The first-order valence-electron chi connectivity index (χ1n) is 5.11. The minimum Gasteiger partial charge on any atom is -0.308 e. The number of sulfonamides is 2. The molecule has 0 aliphatic heterocycles. The van der Waals surface area contributed by atoms with Crippen molar-refractivity contribution < 1.29 is 16.8 Å². The molecule has 5 N–H and O–H groups in total. The third kappa shape index (κ3) is 5.48. The minimum atomic E-state index is -3.73. The van der Waals surface area contributed by atoms with Crippen LogP contribution < -0.4 is 20.7 Å². The number of aromatic nitrogens is 1. The molecule has 19 heavy (non-hydrogen) atoms. The number of hydrazine groups is 1. The van der Waals surface area contributed by atoms with Gasteiger partial charge in [0.25, 0.3) is 0 Å². The lowest BCUT2D eigenvalue weighted by atomic mass is 10.5. The lowest BCUT2D eigenvalue weighted by molar-refractivity contribution is 0.573. The third-order valence-corrected chi connectivity index (χ3v) is 4.16. The number of rotatable bonds is 7. The van der Waals surface area contributed by atoms with Gasteiger partial charge in [0.05, 0.1) is 11.2 Å². The van der Waals surface area contributed by atoms with E-state index in [-0.39, 0.29) is 23.8 Å². The van der Waals surface area contributed by atoms with Crippen molar-refractivity contribution in [3.8, 4) is 0 Å². The Morgan fingerprint density at radius 3 is 2.42 bits per heavy atom. The molecule has 1 aromatic rings. The molecule has 0 atom stereocenters. The second-order valence-corrected chi connectivity index (χ2v) is 7.19. The molecule has 0 radical (unpaired) electrons. The van der Waals surface area contributed by atoms with E-state index >= 15 is 0 Å². The minimum absolute atomic E-state index is 0.0187. The Kier molecular flexibility index (Phi) is 5.20. The standard InChI is InChI=1S/C8H15N5O4S2/c1-18(14,15)11-4-5-12-19(16,17)7-2-3-10-8(6-7)13-9/h2-3,6,11-12H,4-5,9H2,1H3,(H,10,13). The van der Waals surface area contributed by atoms with Crippen molar-refractivity contribution in [2.45, 2.75) is 4.90 Å². The van der Waals surface area contributed by atoms with Crippen molar-refractivity contribution in [1.82, 2.24) is 14.4 Å². The molecule has 0 fully saturated rings. The van der Waals surface area contributed by atoms with Crippen molar-refractivity contribution in [3.63, 3.8) is 0 Å². The van der Waals surface area contributed by atoms with Crippen LogP contribution in [0.3, 0.4) is 0 Å². The van der Waals surface area contributed by atoms with Crippen LogP contribution in [0.25, 0.3) is 0 Å². The quantitative estimate of drug-likeness (QED) is 0.264. The van der Waals surface area contributed by atoms with Crippen LogP contribution in [0.1, 0.15) is 0 Å². The highest BCUT2D eigenvalue weighted by molar-refractivity contribution is 7.89. The number of nitrogens with one attached hydrogen (secondary N) is 3. The molecule has 0 unspecified atom stereocenters. The molecular formula is C8H15N5O4S2. The predicted molar refractivity (Wildman–Crippen MR) is 70.1 cm³/mol. The number of nitrogen functional groups attached to an aromatic ring is 1. The smallest absolute Gasteiger partial charge is 0.240 e. The Labute approximate surface area is 111 Å². The summed E-state index contributed by atoms with van der Waals surface area (Å²) in [5.41, 5.74) is 2.23. The van der Waals surface area contributed by atoms with Gasteiger partial charge in [-0.3, -0.25) is 0 Å². The number of hydrogen-bond donors (Lipinski definition) is 4. The molecular weight excluding hydrogens is 294 g/mol. The zero-order valence-corrected chi connectivity index (χ0v) is 11.8. The Hall–Kier alpha value is -1.27. The molecule has 0 aliphatic rings. The summed E-state index contributed by atoms with van der Waals surface area (Å²) in [5.74, 6) is 5.33. The molecule has 1 heterocycles. The number of pyridine rings is 1. The summed E-state index contributed by atoms with van der Waals surface area (Å²) in [6, 6.07) is 2.56. The first kappa shape index (κ1) is 15.8. The maximum absolute atomic E-state index is 11.8. The largest absolute Gasteiger partial charge is 0.308 e. The topological polar surface area (TPSA) is 143 Å². The second kappa shape index (κ2) is 6.25. The third-order valence-electron chi connectivity index (χ3n) is 1.97. The van der Waals surface area contributed by atoms with Gasteiger partial charge in [-0.25, -0.2) is 37.1 Å². The van der Waals surface area contributed by atoms with Crippen molar-refractivity contribution in [3.05, 3.63) is 18.3 Å². The van der Waals surface area contributed by atoms with Gasteiger partial charge in [-0.2, -0.15) is 0 Å². The molecule has 0 aliphatic carbocycles. The Balaban J connectivity index is 2.65. The van der Waals surface area contributed by atoms with Gasteiger partial charge in [-0.15, -0.1) is 0 Å². The van der Waals surface area contributed by atoms with Gasteiger partial charge in [-0.1, -0.05) is 0 Å². The number of anilines is 1. The van der Waals surface area contributed by atoms with Crippen LogP contribution >= 0.6 is 0 Å². The fourth-order valence-electron chi connectivity index (χ4n) is 1.16. The van der Waals surface area contributed by atoms with Crippen molar-refractivity contribution in [2.24, 2.45) is 5.84 Å². The zero-order chi connectivity index (χ0) is 14.5. The van der Waals surface area contributed by atoms with Gasteiger partial charge < -0.3 is 5.43 Å². The van der Waals surface area contributed by atoms with Crippen LogP contribution in [0.2, 0.25) is 0 Å². The fourth-order valence-corrected chi connectivity index (χ4v) is 2.68. The van der Waals surface area contributed by atoms with Gasteiger partial charge in [0.2, 0.25) is 20.0 Å². The first-order valence-corrected chi connectivity index (χ1v) is 8.49. The van der Waals surface area contributed by atoms with Crippen LogP contribution in [-0.2, 0) is 20.0 Å². The Bertz CT molecular complexity index is 628. The maximum Gasteiger partial charge on any atom is 0.240 e. The summed E-state index contributed by atoms with van der Waals surface area (Å²) in [5, 5.41) is 0. The van der Waals surface area contributed by atoms with Gasteiger partial charge in [-0.05, 0) is 6.07 Å². The zero-order valence-electron chi connectivity index (χ0n) is 10.1. The lowest BCUT2D eigenvalue weighted by Gasteiger charge is -2.08. The molecule has 1 rings (SSSR count). The fraction of sp³-hybridized carbons (Fsp3) is 0.375. The second-order valence-electron chi connectivity index (χ2n) is 3.59. The average Bonchev–Trinajstić information content (AvgIpc) is 2.34. The Morgan fingerprint density at radius 2 is 1.84 bits per heavy atom. The van der Waals surface area contributed by atoms with E-state index < -0.39 is 20.0 Å². The summed E-state index contributed by atoms with van der Waals surface area (Å²) < 4.78 is 49.7. The highest BCUT2D eigenvalue weighted by Crippen LogP contribution is 2.11. The van der Waals surface area contributed by atoms with Gasteiger partial charge >= 0.3 is 0 Å². The summed E-state index contributed by atoms with van der Waals surface area (Å²) in [6.45, 7) is -0.103. The lowest BCUT2D eigenvalue weighted by Crippen LogP contribution is -2.34. The molecule has 0 saturated heterocycles. The van der Waals surface area contributed by atoms with E-state index in [1.54, 1.807) is 0 Å².